The van der Waals surface area contributed by atoms with Gasteiger partial charge in [0.05, 0.1) is 15.9 Å². The van der Waals surface area contributed by atoms with Crippen molar-refractivity contribution in [2.45, 2.75) is 20.5 Å². The molecule has 3 aromatic carbocycles. The van der Waals surface area contributed by atoms with Gasteiger partial charge in [0.15, 0.2) is 11.5 Å². The van der Waals surface area contributed by atoms with E-state index < -0.39 is 17.8 Å². The van der Waals surface area contributed by atoms with Crippen molar-refractivity contribution in [1.29, 1.82) is 0 Å². The molecule has 1 N–H and O–H groups in total. The van der Waals surface area contributed by atoms with Crippen molar-refractivity contribution in [2.24, 2.45) is 0 Å². The van der Waals surface area contributed by atoms with Crippen LogP contribution in [0.5, 0.6) is 11.5 Å². The summed E-state index contributed by atoms with van der Waals surface area (Å²) < 4.78 is 12.5. The van der Waals surface area contributed by atoms with Crippen LogP contribution in [-0.4, -0.2) is 24.5 Å². The Morgan fingerprint density at radius 2 is 1.74 bits per heavy atom. The first-order valence-corrected chi connectivity index (χ1v) is 13.5. The lowest BCUT2D eigenvalue weighted by Crippen LogP contribution is -2.54. The zero-order valence-electron chi connectivity index (χ0n) is 20.1. The molecule has 0 spiro atoms. The highest BCUT2D eigenvalue weighted by Crippen LogP contribution is 2.36. The minimum absolute atomic E-state index is 0.170. The summed E-state index contributed by atoms with van der Waals surface area (Å²) >= 11 is 20.5. The molecule has 1 aliphatic heterocycles. The minimum atomic E-state index is -0.855. The van der Waals surface area contributed by atoms with Gasteiger partial charge in [-0.2, -0.15) is 0 Å². The maximum absolute atomic E-state index is 13.3. The first kappa shape index (κ1) is 28.2. The Morgan fingerprint density at radius 3 is 2.42 bits per heavy atom. The Balaban J connectivity index is 1.67. The molecule has 38 heavy (non-hydrogen) atoms. The first-order chi connectivity index (χ1) is 18.1. The maximum atomic E-state index is 13.3. The van der Waals surface area contributed by atoms with Crippen LogP contribution < -0.4 is 19.7 Å². The number of amides is 4. The highest BCUT2D eigenvalue weighted by Gasteiger charge is 2.37. The number of aryl methyl sites for hydroxylation is 1. The normalized spacial score (nSPS) is 14.6. The molecule has 0 radical (unpaired) electrons. The van der Waals surface area contributed by atoms with E-state index >= 15 is 0 Å². The topological polar surface area (TPSA) is 84.9 Å². The predicted molar refractivity (Wildman–Crippen MR) is 156 cm³/mol. The SMILES string of the molecule is CCOc1cc(/C=C2/C(=O)NC(=O)N(c3ccc(C)c(Cl)c3)C2=O)cc(I)c1OCc1ccc(Cl)cc1Cl. The molecule has 7 nitrogen and oxygen atoms in total. The van der Waals surface area contributed by atoms with Crippen LogP contribution in [-0.2, 0) is 16.2 Å². The number of nitrogens with zero attached hydrogens (tertiary/aromatic N) is 1. The number of imide groups is 2. The van der Waals surface area contributed by atoms with Crippen LogP contribution in [0.15, 0.2) is 54.1 Å². The Labute approximate surface area is 247 Å². The number of anilines is 1. The van der Waals surface area contributed by atoms with Crippen molar-refractivity contribution in [3.63, 3.8) is 0 Å². The van der Waals surface area contributed by atoms with E-state index in [2.05, 4.69) is 27.9 Å². The number of rotatable bonds is 7. The van der Waals surface area contributed by atoms with E-state index in [1.54, 1.807) is 49.4 Å². The lowest BCUT2D eigenvalue weighted by Gasteiger charge is -2.26. The standard InChI is InChI=1S/C27H20Cl3IN2O5/c1-3-37-23-10-15(9-22(31)24(23)38-13-16-5-6-17(28)11-21(16)30)8-19-25(34)32-27(36)33(26(19)35)18-7-4-14(2)20(29)12-18/h4-12H,3,13H2,1-2H3,(H,32,34,36)/b19-8-. The van der Waals surface area contributed by atoms with Gasteiger partial charge in [0.25, 0.3) is 11.8 Å². The summed E-state index contributed by atoms with van der Waals surface area (Å²) in [7, 11) is 0. The second kappa shape index (κ2) is 11.9. The molecule has 4 amide bonds. The molecule has 1 heterocycles. The fraction of sp³-hybridized carbons (Fsp3) is 0.148. The van der Waals surface area contributed by atoms with Crippen molar-refractivity contribution < 1.29 is 23.9 Å². The number of carbonyl (C=O) groups is 3. The number of carbonyl (C=O) groups excluding carboxylic acids is 3. The molecule has 0 atom stereocenters. The van der Waals surface area contributed by atoms with E-state index in [0.29, 0.717) is 42.3 Å². The molecule has 11 heteroatoms. The summed E-state index contributed by atoms with van der Waals surface area (Å²) in [4.78, 5) is 39.3. The average molecular weight is 686 g/mol. The first-order valence-electron chi connectivity index (χ1n) is 11.3. The van der Waals surface area contributed by atoms with Crippen LogP contribution >= 0.6 is 57.4 Å². The minimum Gasteiger partial charge on any atom is -0.490 e. The zero-order valence-corrected chi connectivity index (χ0v) is 24.5. The van der Waals surface area contributed by atoms with Crippen LogP contribution in [0.3, 0.4) is 0 Å². The van der Waals surface area contributed by atoms with Gasteiger partial charge in [0.1, 0.15) is 12.2 Å². The molecule has 1 saturated heterocycles. The lowest BCUT2D eigenvalue weighted by molar-refractivity contribution is -0.122. The molecular formula is C27H20Cl3IN2O5. The molecule has 4 rings (SSSR count). The summed E-state index contributed by atoms with van der Waals surface area (Å²) in [6, 6.07) is 12.4. The van der Waals surface area contributed by atoms with Crippen molar-refractivity contribution in [2.75, 3.05) is 11.5 Å². The van der Waals surface area contributed by atoms with Gasteiger partial charge in [0.2, 0.25) is 0 Å². The second-order valence-corrected chi connectivity index (χ2v) is 10.6. The molecule has 0 unspecified atom stereocenters. The van der Waals surface area contributed by atoms with Gasteiger partial charge >= 0.3 is 6.03 Å². The zero-order chi connectivity index (χ0) is 27.6. The van der Waals surface area contributed by atoms with E-state index in [9.17, 15) is 14.4 Å². The number of benzene rings is 3. The molecule has 1 fully saturated rings. The lowest BCUT2D eigenvalue weighted by atomic mass is 10.1. The van der Waals surface area contributed by atoms with Crippen LogP contribution in [0.4, 0.5) is 10.5 Å². The highest BCUT2D eigenvalue weighted by atomic mass is 127. The number of hydrogen-bond acceptors (Lipinski definition) is 5. The molecule has 0 aromatic heterocycles. The third kappa shape index (κ3) is 6.09. The van der Waals surface area contributed by atoms with Gasteiger partial charge in [-0.25, -0.2) is 9.69 Å². The Kier molecular flexibility index (Phi) is 8.87. The third-order valence-corrected chi connectivity index (χ3v) is 7.34. The monoisotopic (exact) mass is 684 g/mol. The summed E-state index contributed by atoms with van der Waals surface area (Å²) in [5.41, 5.74) is 2.05. The third-order valence-electron chi connectivity index (χ3n) is 5.55. The van der Waals surface area contributed by atoms with Crippen molar-refractivity contribution >= 4 is 87.0 Å². The van der Waals surface area contributed by atoms with Crippen molar-refractivity contribution in [1.82, 2.24) is 5.32 Å². The quantitative estimate of drug-likeness (QED) is 0.162. The number of barbiturate groups is 1. The molecule has 0 saturated carbocycles. The fourth-order valence-corrected chi connectivity index (χ4v) is 5.06. The number of hydrogen-bond donors (Lipinski definition) is 1. The van der Waals surface area contributed by atoms with E-state index in [1.807, 2.05) is 6.92 Å². The summed E-state index contributed by atoms with van der Waals surface area (Å²) in [6.45, 7) is 4.15. The molecule has 1 aliphatic rings. The molecule has 3 aromatic rings. The smallest absolute Gasteiger partial charge is 0.335 e. The highest BCUT2D eigenvalue weighted by molar-refractivity contribution is 14.1. The Bertz CT molecular complexity index is 1490. The van der Waals surface area contributed by atoms with Gasteiger partial charge in [0, 0.05) is 20.6 Å². The van der Waals surface area contributed by atoms with E-state index in [-0.39, 0.29) is 17.9 Å². The van der Waals surface area contributed by atoms with Crippen molar-refractivity contribution in [3.05, 3.63) is 89.4 Å². The van der Waals surface area contributed by atoms with Gasteiger partial charge in [-0.05, 0) is 90.0 Å². The molecular weight excluding hydrogens is 666 g/mol. The molecule has 196 valence electrons. The maximum Gasteiger partial charge on any atom is 0.335 e. The summed E-state index contributed by atoms with van der Waals surface area (Å²) in [6.07, 6.45) is 1.40. The van der Waals surface area contributed by atoms with Gasteiger partial charge in [-0.3, -0.25) is 14.9 Å². The predicted octanol–water partition coefficient (Wildman–Crippen LogP) is 7.20. The average Bonchev–Trinajstić information content (AvgIpc) is 2.84. The number of halogens is 4. The van der Waals surface area contributed by atoms with Gasteiger partial charge in [-0.1, -0.05) is 46.9 Å². The molecule has 0 bridgehead atoms. The summed E-state index contributed by atoms with van der Waals surface area (Å²) in [5, 5.41) is 3.59. The van der Waals surface area contributed by atoms with Gasteiger partial charge < -0.3 is 9.47 Å². The number of nitrogens with one attached hydrogen (secondary N) is 1. The van der Waals surface area contributed by atoms with Crippen molar-refractivity contribution in [3.8, 4) is 11.5 Å². The van der Waals surface area contributed by atoms with Crippen LogP contribution in [0.1, 0.15) is 23.6 Å². The Hall–Kier alpha value is -2.79. The van der Waals surface area contributed by atoms with Gasteiger partial charge in [-0.15, -0.1) is 0 Å². The second-order valence-electron chi connectivity index (χ2n) is 8.18. The fourth-order valence-electron chi connectivity index (χ4n) is 3.64. The number of urea groups is 1. The van der Waals surface area contributed by atoms with E-state index in [1.165, 1.54) is 12.1 Å². The van der Waals surface area contributed by atoms with Crippen LogP contribution in [0.25, 0.3) is 6.08 Å². The van der Waals surface area contributed by atoms with E-state index in [0.717, 1.165) is 16.0 Å². The summed E-state index contributed by atoms with van der Waals surface area (Å²) in [5.74, 6) is -0.686. The largest absolute Gasteiger partial charge is 0.490 e. The van der Waals surface area contributed by atoms with E-state index in [4.69, 9.17) is 44.3 Å². The number of ether oxygens (including phenoxy) is 2. The van der Waals surface area contributed by atoms with Crippen LogP contribution in [0.2, 0.25) is 15.1 Å². The van der Waals surface area contributed by atoms with Crippen LogP contribution in [0, 0.1) is 10.5 Å². The molecule has 0 aliphatic carbocycles. The Morgan fingerprint density at radius 1 is 0.974 bits per heavy atom.